The predicted molar refractivity (Wildman–Crippen MR) is 89.9 cm³/mol. The average molecular weight is 319 g/mol. The molecule has 1 aliphatic heterocycles. The Labute approximate surface area is 131 Å². The summed E-state index contributed by atoms with van der Waals surface area (Å²) < 4.78 is 26.8. The van der Waals surface area contributed by atoms with Gasteiger partial charge in [-0.15, -0.1) is 0 Å². The van der Waals surface area contributed by atoms with E-state index in [9.17, 15) is 8.42 Å². The Kier molecular flexibility index (Phi) is 7.14. The SMILES string of the molecule is CCCNC1CCN(S(=O)(=O)CCC(C)(C)C)CC1CC. The van der Waals surface area contributed by atoms with Gasteiger partial charge in [-0.05, 0) is 37.1 Å². The van der Waals surface area contributed by atoms with Crippen molar-refractivity contribution in [2.45, 2.75) is 66.3 Å². The molecule has 0 bridgehead atoms. The number of nitrogens with zero attached hydrogens (tertiary/aromatic N) is 1. The lowest BCUT2D eigenvalue weighted by Crippen LogP contribution is -2.51. The number of hydrogen-bond acceptors (Lipinski definition) is 3. The second kappa shape index (κ2) is 7.93. The second-order valence-corrected chi connectivity index (χ2v) is 9.59. The molecule has 5 heteroatoms. The fourth-order valence-corrected chi connectivity index (χ4v) is 4.76. The molecule has 0 aromatic carbocycles. The Balaban J connectivity index is 2.61. The van der Waals surface area contributed by atoms with Crippen LogP contribution in [0.15, 0.2) is 0 Å². The van der Waals surface area contributed by atoms with E-state index in [-0.39, 0.29) is 11.2 Å². The molecule has 2 unspecified atom stereocenters. The molecule has 0 amide bonds. The van der Waals surface area contributed by atoms with E-state index in [1.165, 1.54) is 0 Å². The molecule has 1 heterocycles. The number of rotatable bonds is 7. The van der Waals surface area contributed by atoms with E-state index in [2.05, 4.69) is 39.9 Å². The van der Waals surface area contributed by atoms with Gasteiger partial charge in [-0.2, -0.15) is 0 Å². The van der Waals surface area contributed by atoms with E-state index < -0.39 is 10.0 Å². The topological polar surface area (TPSA) is 49.4 Å². The fourth-order valence-electron chi connectivity index (χ4n) is 2.83. The van der Waals surface area contributed by atoms with Gasteiger partial charge in [0, 0.05) is 19.1 Å². The predicted octanol–water partition coefficient (Wildman–Crippen LogP) is 2.85. The molecule has 1 aliphatic rings. The monoisotopic (exact) mass is 318 g/mol. The van der Waals surface area contributed by atoms with Crippen LogP contribution in [0.3, 0.4) is 0 Å². The van der Waals surface area contributed by atoms with Crippen LogP contribution < -0.4 is 5.32 Å². The molecule has 0 radical (unpaired) electrons. The largest absolute Gasteiger partial charge is 0.314 e. The molecule has 4 nitrogen and oxygen atoms in total. The van der Waals surface area contributed by atoms with Crippen molar-refractivity contribution >= 4 is 10.0 Å². The van der Waals surface area contributed by atoms with Crippen LogP contribution in [0.5, 0.6) is 0 Å². The molecule has 21 heavy (non-hydrogen) atoms. The minimum absolute atomic E-state index is 0.0677. The van der Waals surface area contributed by atoms with E-state index in [0.29, 0.717) is 25.0 Å². The highest BCUT2D eigenvalue weighted by Gasteiger charge is 2.33. The smallest absolute Gasteiger partial charge is 0.214 e. The number of nitrogens with one attached hydrogen (secondary N) is 1. The lowest BCUT2D eigenvalue weighted by atomic mass is 9.91. The molecular weight excluding hydrogens is 284 g/mol. The average Bonchev–Trinajstić information content (AvgIpc) is 2.42. The van der Waals surface area contributed by atoms with Gasteiger partial charge in [0.05, 0.1) is 5.75 Å². The number of hydrogen-bond donors (Lipinski definition) is 1. The summed E-state index contributed by atoms with van der Waals surface area (Å²) >= 11 is 0. The van der Waals surface area contributed by atoms with E-state index in [0.717, 1.165) is 32.2 Å². The van der Waals surface area contributed by atoms with Gasteiger partial charge in [-0.1, -0.05) is 41.0 Å². The summed E-state index contributed by atoms with van der Waals surface area (Å²) in [4.78, 5) is 0. The van der Waals surface area contributed by atoms with Crippen molar-refractivity contribution in [3.63, 3.8) is 0 Å². The summed E-state index contributed by atoms with van der Waals surface area (Å²) in [5, 5.41) is 3.58. The van der Waals surface area contributed by atoms with Gasteiger partial charge in [-0.25, -0.2) is 12.7 Å². The van der Waals surface area contributed by atoms with Crippen molar-refractivity contribution in [2.24, 2.45) is 11.3 Å². The van der Waals surface area contributed by atoms with Crippen LogP contribution in [-0.4, -0.2) is 44.2 Å². The first-order valence-corrected chi connectivity index (χ1v) is 10.0. The van der Waals surface area contributed by atoms with Crippen LogP contribution in [0, 0.1) is 11.3 Å². The highest BCUT2D eigenvalue weighted by molar-refractivity contribution is 7.89. The Bertz CT molecular complexity index is 401. The Morgan fingerprint density at radius 1 is 1.24 bits per heavy atom. The summed E-state index contributed by atoms with van der Waals surface area (Å²) in [7, 11) is -3.10. The first kappa shape index (κ1) is 18.9. The van der Waals surface area contributed by atoms with Crippen molar-refractivity contribution in [2.75, 3.05) is 25.4 Å². The van der Waals surface area contributed by atoms with E-state index >= 15 is 0 Å². The molecule has 1 saturated heterocycles. The minimum atomic E-state index is -3.10. The third-order valence-electron chi connectivity index (χ3n) is 4.38. The van der Waals surface area contributed by atoms with Gasteiger partial charge in [-0.3, -0.25) is 0 Å². The van der Waals surface area contributed by atoms with Crippen LogP contribution in [0.2, 0.25) is 0 Å². The van der Waals surface area contributed by atoms with Crippen molar-refractivity contribution < 1.29 is 8.42 Å². The van der Waals surface area contributed by atoms with Crippen LogP contribution in [0.25, 0.3) is 0 Å². The van der Waals surface area contributed by atoms with E-state index in [1.807, 2.05) is 0 Å². The van der Waals surface area contributed by atoms with Gasteiger partial charge in [0.2, 0.25) is 10.0 Å². The third-order valence-corrected chi connectivity index (χ3v) is 6.22. The molecule has 0 spiro atoms. The van der Waals surface area contributed by atoms with Crippen molar-refractivity contribution in [1.29, 1.82) is 0 Å². The van der Waals surface area contributed by atoms with Crippen LogP contribution >= 0.6 is 0 Å². The minimum Gasteiger partial charge on any atom is -0.314 e. The zero-order valence-electron chi connectivity index (χ0n) is 14.5. The molecule has 0 aromatic heterocycles. The highest BCUT2D eigenvalue weighted by atomic mass is 32.2. The van der Waals surface area contributed by atoms with Crippen LogP contribution in [0.1, 0.15) is 60.3 Å². The number of sulfonamides is 1. The Hall–Kier alpha value is -0.130. The summed E-state index contributed by atoms with van der Waals surface area (Å²) in [5.41, 5.74) is 0.0677. The Morgan fingerprint density at radius 3 is 2.43 bits per heavy atom. The molecule has 0 saturated carbocycles. The van der Waals surface area contributed by atoms with Crippen LogP contribution in [0.4, 0.5) is 0 Å². The second-order valence-electron chi connectivity index (χ2n) is 7.50. The molecule has 2 atom stereocenters. The molecule has 1 fully saturated rings. The normalized spacial score (nSPS) is 25.2. The molecule has 1 rings (SSSR count). The summed E-state index contributed by atoms with van der Waals surface area (Å²) in [5.74, 6) is 0.717. The molecule has 0 aromatic rings. The number of piperidine rings is 1. The van der Waals surface area contributed by atoms with E-state index in [4.69, 9.17) is 0 Å². The molecule has 1 N–H and O–H groups in total. The molecule has 0 aliphatic carbocycles. The summed E-state index contributed by atoms with van der Waals surface area (Å²) in [6.45, 7) is 13.0. The lowest BCUT2D eigenvalue weighted by Gasteiger charge is -2.38. The van der Waals surface area contributed by atoms with Crippen molar-refractivity contribution in [3.05, 3.63) is 0 Å². The Morgan fingerprint density at radius 2 is 1.90 bits per heavy atom. The molecule has 126 valence electrons. The van der Waals surface area contributed by atoms with E-state index in [1.54, 1.807) is 4.31 Å². The highest BCUT2D eigenvalue weighted by Crippen LogP contribution is 2.25. The van der Waals surface area contributed by atoms with Crippen molar-refractivity contribution in [3.8, 4) is 0 Å². The zero-order chi connectivity index (χ0) is 16.1. The van der Waals surface area contributed by atoms with Gasteiger partial charge in [0.1, 0.15) is 0 Å². The fraction of sp³-hybridized carbons (Fsp3) is 1.00. The van der Waals surface area contributed by atoms with Gasteiger partial charge in [0.15, 0.2) is 0 Å². The quantitative estimate of drug-likeness (QED) is 0.785. The third kappa shape index (κ3) is 6.25. The van der Waals surface area contributed by atoms with Crippen molar-refractivity contribution in [1.82, 2.24) is 9.62 Å². The first-order valence-electron chi connectivity index (χ1n) is 8.41. The van der Waals surface area contributed by atoms with Gasteiger partial charge in [0.25, 0.3) is 0 Å². The van der Waals surface area contributed by atoms with Gasteiger partial charge >= 0.3 is 0 Å². The first-order chi connectivity index (χ1) is 9.69. The zero-order valence-corrected chi connectivity index (χ0v) is 15.3. The maximum absolute atomic E-state index is 12.5. The molecular formula is C16H34N2O2S. The lowest BCUT2D eigenvalue weighted by molar-refractivity contribution is 0.202. The van der Waals surface area contributed by atoms with Gasteiger partial charge < -0.3 is 5.32 Å². The summed E-state index contributed by atoms with van der Waals surface area (Å²) in [6.07, 6.45) is 3.82. The van der Waals surface area contributed by atoms with Crippen LogP contribution in [-0.2, 0) is 10.0 Å². The maximum atomic E-state index is 12.5. The maximum Gasteiger partial charge on any atom is 0.214 e. The summed E-state index contributed by atoms with van der Waals surface area (Å²) in [6, 6.07) is 0.476. The standard InChI is InChI=1S/C16H34N2O2S/c1-6-10-17-15-8-11-18(13-14(15)7-2)21(19,20)12-9-16(3,4)5/h14-15,17H,6-13H2,1-5H3.